The Labute approximate surface area is 55.9 Å². The summed E-state index contributed by atoms with van der Waals surface area (Å²) >= 11 is 0. The average molecular weight is 134 g/mol. The molecule has 0 aromatic heterocycles. The van der Waals surface area contributed by atoms with Crippen molar-refractivity contribution in [2.75, 3.05) is 20.5 Å². The molecule has 0 aromatic rings. The number of methoxy groups -OCH3 is 1. The number of hydrogen-bond acceptors (Lipinski definition) is 3. The first-order valence-electron chi connectivity index (χ1n) is 3.03. The van der Waals surface area contributed by atoms with Gasteiger partial charge in [0.1, 0.15) is 6.79 Å². The fourth-order valence-corrected chi connectivity index (χ4v) is 0.295. The summed E-state index contributed by atoms with van der Waals surface area (Å²) in [6, 6.07) is 0. The van der Waals surface area contributed by atoms with E-state index in [2.05, 4.69) is 0 Å². The Balaban J connectivity index is 2.88. The van der Waals surface area contributed by atoms with Gasteiger partial charge < -0.3 is 14.2 Å². The molecule has 0 heterocycles. The summed E-state index contributed by atoms with van der Waals surface area (Å²) in [6.07, 6.45) is -0.170. The fourth-order valence-electron chi connectivity index (χ4n) is 0.295. The molecule has 0 aliphatic rings. The van der Waals surface area contributed by atoms with E-state index in [1.54, 1.807) is 7.11 Å². The van der Waals surface area contributed by atoms with Crippen molar-refractivity contribution < 1.29 is 14.2 Å². The van der Waals surface area contributed by atoms with Crippen LogP contribution in [-0.4, -0.2) is 26.8 Å². The van der Waals surface area contributed by atoms with Gasteiger partial charge in [-0.3, -0.25) is 0 Å². The van der Waals surface area contributed by atoms with Crippen molar-refractivity contribution in [2.24, 2.45) is 0 Å². The van der Waals surface area contributed by atoms with Crippen LogP contribution in [0.25, 0.3) is 0 Å². The topological polar surface area (TPSA) is 27.7 Å². The normalized spacial score (nSPS) is 13.7. The van der Waals surface area contributed by atoms with Gasteiger partial charge in [0.2, 0.25) is 0 Å². The van der Waals surface area contributed by atoms with E-state index < -0.39 is 0 Å². The second kappa shape index (κ2) is 6.01. The highest BCUT2D eigenvalue weighted by Gasteiger charge is 1.95. The van der Waals surface area contributed by atoms with Crippen molar-refractivity contribution in [2.45, 2.75) is 20.1 Å². The van der Waals surface area contributed by atoms with Crippen LogP contribution in [-0.2, 0) is 14.2 Å². The zero-order valence-corrected chi connectivity index (χ0v) is 6.22. The van der Waals surface area contributed by atoms with Crippen LogP contribution in [0.4, 0.5) is 0 Å². The predicted octanol–water partition coefficient (Wildman–Crippen LogP) is 0.989. The first-order valence-corrected chi connectivity index (χ1v) is 3.03. The van der Waals surface area contributed by atoms with E-state index in [1.807, 2.05) is 13.8 Å². The highest BCUT2D eigenvalue weighted by atomic mass is 16.7. The maximum absolute atomic E-state index is 4.99. The molecule has 0 bridgehead atoms. The quantitative estimate of drug-likeness (QED) is 0.414. The fraction of sp³-hybridized carbons (Fsp3) is 1.00. The summed E-state index contributed by atoms with van der Waals surface area (Å²) < 4.78 is 14.7. The molecule has 0 amide bonds. The first kappa shape index (κ1) is 8.88. The van der Waals surface area contributed by atoms with Gasteiger partial charge in [-0.2, -0.15) is 0 Å². The molecule has 3 nitrogen and oxygen atoms in total. The minimum absolute atomic E-state index is 0.170. The van der Waals surface area contributed by atoms with Crippen LogP contribution in [0, 0.1) is 0 Å². The Hall–Kier alpha value is -0.120. The van der Waals surface area contributed by atoms with Gasteiger partial charge in [0.05, 0.1) is 0 Å². The van der Waals surface area contributed by atoms with Crippen molar-refractivity contribution in [1.82, 2.24) is 0 Å². The molecule has 1 atom stereocenters. The predicted molar refractivity (Wildman–Crippen MR) is 34.0 cm³/mol. The molecule has 0 N–H and O–H groups in total. The van der Waals surface area contributed by atoms with Crippen LogP contribution in [0.3, 0.4) is 0 Å². The Morgan fingerprint density at radius 2 is 2.11 bits per heavy atom. The van der Waals surface area contributed by atoms with Crippen molar-refractivity contribution in [3.05, 3.63) is 0 Å². The third kappa shape index (κ3) is 5.76. The van der Waals surface area contributed by atoms with Crippen LogP contribution in [0.1, 0.15) is 13.8 Å². The Morgan fingerprint density at radius 1 is 1.44 bits per heavy atom. The van der Waals surface area contributed by atoms with Crippen LogP contribution in [0.5, 0.6) is 0 Å². The van der Waals surface area contributed by atoms with Gasteiger partial charge in [-0.05, 0) is 13.8 Å². The SMILES string of the molecule is CCOCOC(C)OC. The molecule has 0 saturated carbocycles. The molecule has 0 radical (unpaired) electrons. The maximum Gasteiger partial charge on any atom is 0.157 e. The van der Waals surface area contributed by atoms with Gasteiger partial charge in [0.15, 0.2) is 6.29 Å². The summed E-state index contributed by atoms with van der Waals surface area (Å²) in [5.74, 6) is 0. The summed E-state index contributed by atoms with van der Waals surface area (Å²) in [6.45, 7) is 4.72. The smallest absolute Gasteiger partial charge is 0.157 e. The van der Waals surface area contributed by atoms with Crippen LogP contribution >= 0.6 is 0 Å². The van der Waals surface area contributed by atoms with Crippen LogP contribution < -0.4 is 0 Å². The van der Waals surface area contributed by atoms with E-state index in [0.717, 1.165) is 0 Å². The molecule has 0 aromatic carbocycles. The maximum atomic E-state index is 4.99. The van der Waals surface area contributed by atoms with Gasteiger partial charge >= 0.3 is 0 Å². The van der Waals surface area contributed by atoms with E-state index in [4.69, 9.17) is 14.2 Å². The highest BCUT2D eigenvalue weighted by Crippen LogP contribution is 1.89. The van der Waals surface area contributed by atoms with Crippen LogP contribution in [0.2, 0.25) is 0 Å². The molecule has 9 heavy (non-hydrogen) atoms. The lowest BCUT2D eigenvalue weighted by Crippen LogP contribution is -2.12. The second-order valence-corrected chi connectivity index (χ2v) is 1.58. The van der Waals surface area contributed by atoms with Crippen molar-refractivity contribution >= 4 is 0 Å². The molecule has 0 fully saturated rings. The zero-order chi connectivity index (χ0) is 7.11. The minimum atomic E-state index is -0.170. The first-order chi connectivity index (χ1) is 4.31. The molecular formula is C6H14O3. The third-order valence-electron chi connectivity index (χ3n) is 0.922. The van der Waals surface area contributed by atoms with E-state index in [9.17, 15) is 0 Å². The molecule has 0 saturated heterocycles. The summed E-state index contributed by atoms with van der Waals surface area (Å²) in [7, 11) is 1.59. The second-order valence-electron chi connectivity index (χ2n) is 1.58. The zero-order valence-electron chi connectivity index (χ0n) is 6.22. The molecular weight excluding hydrogens is 120 g/mol. The molecule has 3 heteroatoms. The lowest BCUT2D eigenvalue weighted by Gasteiger charge is -2.09. The van der Waals surface area contributed by atoms with Gasteiger partial charge in [-0.15, -0.1) is 0 Å². The van der Waals surface area contributed by atoms with E-state index in [-0.39, 0.29) is 6.29 Å². The Bertz CT molecular complexity index is 56.3. The van der Waals surface area contributed by atoms with Crippen molar-refractivity contribution in [3.63, 3.8) is 0 Å². The number of rotatable bonds is 5. The summed E-state index contributed by atoms with van der Waals surface area (Å²) in [4.78, 5) is 0. The lowest BCUT2D eigenvalue weighted by molar-refractivity contribution is -0.172. The van der Waals surface area contributed by atoms with Gasteiger partial charge in [0.25, 0.3) is 0 Å². The summed E-state index contributed by atoms with van der Waals surface area (Å²) in [5.41, 5.74) is 0. The molecule has 0 rings (SSSR count). The number of hydrogen-bond donors (Lipinski definition) is 0. The van der Waals surface area contributed by atoms with Gasteiger partial charge in [-0.25, -0.2) is 0 Å². The molecule has 0 spiro atoms. The summed E-state index contributed by atoms with van der Waals surface area (Å²) in [5, 5.41) is 0. The number of ether oxygens (including phenoxy) is 3. The van der Waals surface area contributed by atoms with Crippen molar-refractivity contribution in [1.29, 1.82) is 0 Å². The molecule has 0 aliphatic carbocycles. The highest BCUT2D eigenvalue weighted by molar-refractivity contribution is 4.21. The molecule has 0 aliphatic heterocycles. The monoisotopic (exact) mass is 134 g/mol. The Kier molecular flexibility index (Phi) is 5.93. The minimum Gasteiger partial charge on any atom is -0.356 e. The van der Waals surface area contributed by atoms with E-state index in [1.165, 1.54) is 0 Å². The Morgan fingerprint density at radius 3 is 2.56 bits per heavy atom. The third-order valence-corrected chi connectivity index (χ3v) is 0.922. The molecule has 56 valence electrons. The average Bonchev–Trinajstić information content (AvgIpc) is 1.89. The van der Waals surface area contributed by atoms with E-state index in [0.29, 0.717) is 13.4 Å². The lowest BCUT2D eigenvalue weighted by atomic mass is 10.8. The van der Waals surface area contributed by atoms with Gasteiger partial charge in [0, 0.05) is 13.7 Å². The molecule has 1 unspecified atom stereocenters. The van der Waals surface area contributed by atoms with Crippen LogP contribution in [0.15, 0.2) is 0 Å². The van der Waals surface area contributed by atoms with Gasteiger partial charge in [-0.1, -0.05) is 0 Å². The van der Waals surface area contributed by atoms with E-state index >= 15 is 0 Å². The standard InChI is InChI=1S/C6H14O3/c1-4-8-5-9-6(2)7-3/h6H,4-5H2,1-3H3. The largest absolute Gasteiger partial charge is 0.356 e. The van der Waals surface area contributed by atoms with Crippen molar-refractivity contribution in [3.8, 4) is 0 Å².